The Morgan fingerprint density at radius 2 is 2.36 bits per heavy atom. The zero-order valence-electron chi connectivity index (χ0n) is 13.6. The number of likely N-dealkylation sites (tertiary alicyclic amines) is 1. The van der Waals surface area contributed by atoms with Crippen molar-refractivity contribution in [1.29, 1.82) is 0 Å². The number of carbonyl (C=O) groups is 1. The van der Waals surface area contributed by atoms with Crippen LogP contribution in [0.15, 0.2) is 39.1 Å². The molecule has 7 nitrogen and oxygen atoms in total. The van der Waals surface area contributed by atoms with Gasteiger partial charge in [-0.25, -0.2) is 4.98 Å². The second-order valence-corrected chi connectivity index (χ2v) is 6.93. The second kappa shape index (κ2) is 6.29. The molecule has 0 radical (unpaired) electrons. The largest absolute Gasteiger partial charge is 0.359 e. The first-order valence-corrected chi connectivity index (χ1v) is 8.89. The first-order valence-electron chi connectivity index (χ1n) is 8.01. The number of hydrogen-bond donors (Lipinski definition) is 1. The Labute approximate surface area is 147 Å². The molecule has 1 fully saturated rings. The van der Waals surface area contributed by atoms with Gasteiger partial charge >= 0.3 is 0 Å². The van der Waals surface area contributed by atoms with Crippen LogP contribution in [0.25, 0.3) is 10.7 Å². The van der Waals surface area contributed by atoms with Crippen molar-refractivity contribution in [3.63, 3.8) is 0 Å². The van der Waals surface area contributed by atoms with Gasteiger partial charge in [-0.2, -0.15) is 0 Å². The molecule has 1 aliphatic heterocycles. The molecule has 1 saturated heterocycles. The van der Waals surface area contributed by atoms with Crippen molar-refractivity contribution in [1.82, 2.24) is 20.0 Å². The number of H-pyrrole nitrogens is 1. The van der Waals surface area contributed by atoms with Crippen LogP contribution in [0.5, 0.6) is 0 Å². The third-order valence-corrected chi connectivity index (χ3v) is 5.15. The number of carbonyl (C=O) groups excluding carboxylic acids is 1. The summed E-state index contributed by atoms with van der Waals surface area (Å²) in [5.41, 5.74) is 0.389. The Morgan fingerprint density at radius 3 is 3.04 bits per heavy atom. The molecule has 25 heavy (non-hydrogen) atoms. The van der Waals surface area contributed by atoms with Gasteiger partial charge in [0, 0.05) is 18.8 Å². The van der Waals surface area contributed by atoms with Gasteiger partial charge in [-0.3, -0.25) is 9.59 Å². The maximum Gasteiger partial charge on any atom is 0.264 e. The molecule has 0 spiro atoms. The van der Waals surface area contributed by atoms with Gasteiger partial charge in [0.25, 0.3) is 11.5 Å². The highest BCUT2D eigenvalue weighted by Gasteiger charge is 2.34. The van der Waals surface area contributed by atoms with Crippen molar-refractivity contribution in [2.75, 3.05) is 6.54 Å². The van der Waals surface area contributed by atoms with Crippen LogP contribution >= 0.6 is 11.3 Å². The lowest BCUT2D eigenvalue weighted by atomic mass is 10.1. The van der Waals surface area contributed by atoms with E-state index in [9.17, 15) is 9.59 Å². The zero-order valence-corrected chi connectivity index (χ0v) is 14.4. The van der Waals surface area contributed by atoms with Gasteiger partial charge in [0.05, 0.1) is 16.6 Å². The monoisotopic (exact) mass is 356 g/mol. The standard InChI is InChI=1S/C17H16N4O3S/c1-10-8-13(24-20-10)12-4-2-6-21(12)17(23)11-9-18-15(19-16(11)22)14-5-3-7-25-14/h3,5,7-9,12H,2,4,6H2,1H3,(H,18,19,22). The van der Waals surface area contributed by atoms with Gasteiger partial charge in [-0.05, 0) is 31.2 Å². The van der Waals surface area contributed by atoms with Crippen molar-refractivity contribution in [2.45, 2.75) is 25.8 Å². The number of hydrogen-bond acceptors (Lipinski definition) is 6. The zero-order chi connectivity index (χ0) is 17.4. The van der Waals surface area contributed by atoms with E-state index in [1.807, 2.05) is 30.5 Å². The Kier molecular flexibility index (Phi) is 3.96. The van der Waals surface area contributed by atoms with E-state index in [1.54, 1.807) is 4.90 Å². The van der Waals surface area contributed by atoms with Crippen molar-refractivity contribution >= 4 is 17.2 Å². The molecule has 4 rings (SSSR count). The van der Waals surface area contributed by atoms with Crippen LogP contribution in [0, 0.1) is 6.92 Å². The van der Waals surface area contributed by atoms with Crippen molar-refractivity contribution in [3.8, 4) is 10.7 Å². The van der Waals surface area contributed by atoms with Crippen molar-refractivity contribution in [2.24, 2.45) is 0 Å². The molecule has 1 atom stereocenters. The molecule has 1 unspecified atom stereocenters. The van der Waals surface area contributed by atoms with E-state index in [0.29, 0.717) is 18.1 Å². The Bertz CT molecular complexity index is 960. The summed E-state index contributed by atoms with van der Waals surface area (Å²) >= 11 is 1.48. The lowest BCUT2D eigenvalue weighted by Gasteiger charge is -2.22. The summed E-state index contributed by atoms with van der Waals surface area (Å²) in [5.74, 6) is 0.798. The summed E-state index contributed by atoms with van der Waals surface area (Å²) in [6, 6.07) is 5.39. The van der Waals surface area contributed by atoms with Gasteiger partial charge in [-0.1, -0.05) is 11.2 Å². The number of aryl methyl sites for hydroxylation is 1. The molecule has 1 N–H and O–H groups in total. The average Bonchev–Trinajstić information content (AvgIpc) is 3.35. The van der Waals surface area contributed by atoms with E-state index in [2.05, 4.69) is 15.1 Å². The number of nitrogens with zero attached hydrogens (tertiary/aromatic N) is 3. The predicted molar refractivity (Wildman–Crippen MR) is 92.4 cm³/mol. The molecule has 0 aliphatic carbocycles. The van der Waals surface area contributed by atoms with Crippen LogP contribution in [0.2, 0.25) is 0 Å². The van der Waals surface area contributed by atoms with Gasteiger partial charge in [0.15, 0.2) is 5.76 Å². The van der Waals surface area contributed by atoms with Gasteiger partial charge in [-0.15, -0.1) is 11.3 Å². The number of aromatic amines is 1. The lowest BCUT2D eigenvalue weighted by molar-refractivity contribution is 0.0712. The van der Waals surface area contributed by atoms with Crippen LogP contribution < -0.4 is 5.56 Å². The second-order valence-electron chi connectivity index (χ2n) is 5.98. The summed E-state index contributed by atoms with van der Waals surface area (Å²) < 4.78 is 5.32. The minimum absolute atomic E-state index is 0.0449. The first kappa shape index (κ1) is 15.8. The molecule has 0 aromatic carbocycles. The number of thiophene rings is 1. The number of nitrogens with one attached hydrogen (secondary N) is 1. The molecule has 4 heterocycles. The minimum Gasteiger partial charge on any atom is -0.359 e. The van der Waals surface area contributed by atoms with Crippen molar-refractivity contribution < 1.29 is 9.32 Å². The smallest absolute Gasteiger partial charge is 0.264 e. The van der Waals surface area contributed by atoms with Crippen LogP contribution in [0.1, 0.15) is 40.7 Å². The maximum atomic E-state index is 12.9. The SMILES string of the molecule is Cc1cc(C2CCCN2C(=O)c2cnc(-c3cccs3)[nH]c2=O)on1. The third-order valence-electron chi connectivity index (χ3n) is 4.27. The summed E-state index contributed by atoms with van der Waals surface area (Å²) in [6.07, 6.45) is 3.00. The molecule has 0 bridgehead atoms. The topological polar surface area (TPSA) is 92.1 Å². The Hall–Kier alpha value is -2.74. The summed E-state index contributed by atoms with van der Waals surface area (Å²) in [5, 5.41) is 5.80. The van der Waals surface area contributed by atoms with Crippen molar-refractivity contribution in [3.05, 3.63) is 57.1 Å². The molecule has 1 amide bonds. The van der Waals surface area contributed by atoms with E-state index in [0.717, 1.165) is 23.4 Å². The van der Waals surface area contributed by atoms with E-state index in [4.69, 9.17) is 4.52 Å². The molecular formula is C17H16N4O3S. The number of rotatable bonds is 3. The average molecular weight is 356 g/mol. The lowest BCUT2D eigenvalue weighted by Crippen LogP contribution is -2.34. The summed E-state index contributed by atoms with van der Waals surface area (Å²) in [4.78, 5) is 34.7. The van der Waals surface area contributed by atoms with E-state index in [1.165, 1.54) is 17.5 Å². The third kappa shape index (κ3) is 2.89. The highest BCUT2D eigenvalue weighted by atomic mass is 32.1. The Morgan fingerprint density at radius 1 is 1.48 bits per heavy atom. The molecule has 3 aromatic heterocycles. The first-order chi connectivity index (χ1) is 12.1. The minimum atomic E-state index is -0.428. The summed E-state index contributed by atoms with van der Waals surface area (Å²) in [7, 11) is 0. The van der Waals surface area contributed by atoms with Gasteiger partial charge in [0.2, 0.25) is 0 Å². The highest BCUT2D eigenvalue weighted by molar-refractivity contribution is 7.13. The molecule has 0 saturated carbocycles. The van der Waals surface area contributed by atoms with E-state index >= 15 is 0 Å². The molecule has 1 aliphatic rings. The fourth-order valence-electron chi connectivity index (χ4n) is 3.09. The fraction of sp³-hybridized carbons (Fsp3) is 0.294. The maximum absolute atomic E-state index is 12.9. The quantitative estimate of drug-likeness (QED) is 0.779. The normalized spacial score (nSPS) is 17.2. The molecule has 128 valence electrons. The van der Waals surface area contributed by atoms with E-state index in [-0.39, 0.29) is 17.5 Å². The molecular weight excluding hydrogens is 340 g/mol. The predicted octanol–water partition coefficient (Wildman–Crippen LogP) is 2.77. The Balaban J connectivity index is 1.63. The van der Waals surface area contributed by atoms with Crippen LogP contribution in [0.3, 0.4) is 0 Å². The number of aromatic nitrogens is 3. The molecule has 8 heteroatoms. The van der Waals surface area contributed by atoms with Gasteiger partial charge in [0.1, 0.15) is 11.4 Å². The van der Waals surface area contributed by atoms with Crippen LogP contribution in [0.4, 0.5) is 0 Å². The van der Waals surface area contributed by atoms with Gasteiger partial charge < -0.3 is 14.4 Å². The molecule has 3 aromatic rings. The number of amides is 1. The summed E-state index contributed by atoms with van der Waals surface area (Å²) in [6.45, 7) is 2.42. The van der Waals surface area contributed by atoms with E-state index < -0.39 is 5.56 Å². The van der Waals surface area contributed by atoms with Crippen LogP contribution in [-0.4, -0.2) is 32.5 Å². The van der Waals surface area contributed by atoms with Crippen LogP contribution in [-0.2, 0) is 0 Å². The highest BCUT2D eigenvalue weighted by Crippen LogP contribution is 2.33. The fourth-order valence-corrected chi connectivity index (χ4v) is 3.76.